The molecule has 0 nitrogen and oxygen atoms in total. The molecule has 0 spiro atoms. The summed E-state index contributed by atoms with van der Waals surface area (Å²) in [5, 5.41) is 5.35. The van der Waals surface area contributed by atoms with E-state index in [-0.39, 0.29) is 0 Å². The monoisotopic (exact) mass is 436 g/mol. The van der Waals surface area contributed by atoms with E-state index in [0.29, 0.717) is 0 Å². The molecule has 24 heavy (non-hydrogen) atoms. The van der Waals surface area contributed by atoms with Gasteiger partial charge in [-0.05, 0) is 58.0 Å². The highest BCUT2D eigenvalue weighted by Crippen LogP contribution is 2.43. The Hall–Kier alpha value is -1.64. The average molecular weight is 438 g/mol. The second kappa shape index (κ2) is 5.44. The number of hydrogen-bond acceptors (Lipinski definition) is 0. The van der Waals surface area contributed by atoms with Crippen molar-refractivity contribution in [2.24, 2.45) is 0 Å². The molecule has 0 aliphatic heterocycles. The lowest BCUT2D eigenvalue weighted by Gasteiger charge is -2.14. The molecule has 0 radical (unpaired) electrons. The zero-order chi connectivity index (χ0) is 16.3. The number of rotatable bonds is 1. The van der Waals surface area contributed by atoms with E-state index in [1.54, 1.807) is 0 Å². The van der Waals surface area contributed by atoms with Crippen LogP contribution in [0.25, 0.3) is 32.7 Å². The Morgan fingerprint density at radius 2 is 1.17 bits per heavy atom. The maximum absolute atomic E-state index is 3.81. The van der Waals surface area contributed by atoms with Crippen LogP contribution in [0, 0.1) is 0 Å². The largest absolute Gasteiger partial charge is 0.0610 e. The van der Waals surface area contributed by atoms with Crippen LogP contribution < -0.4 is 0 Å². The molecule has 116 valence electrons. The summed E-state index contributed by atoms with van der Waals surface area (Å²) in [7, 11) is 0. The van der Waals surface area contributed by atoms with E-state index in [9.17, 15) is 0 Å². The predicted molar refractivity (Wildman–Crippen MR) is 110 cm³/mol. The SMILES string of the molecule is Brc1cccc2cccc(-c3ccc4c5c(ccc(Br)c35)CC4)c12. The van der Waals surface area contributed by atoms with Crippen molar-refractivity contribution in [3.8, 4) is 11.1 Å². The van der Waals surface area contributed by atoms with Crippen molar-refractivity contribution in [1.82, 2.24) is 0 Å². The third kappa shape index (κ3) is 2.03. The van der Waals surface area contributed by atoms with E-state index < -0.39 is 0 Å². The number of fused-ring (bicyclic) bond motifs is 1. The zero-order valence-electron chi connectivity index (χ0n) is 12.9. The van der Waals surface area contributed by atoms with Crippen molar-refractivity contribution in [1.29, 1.82) is 0 Å². The number of benzene rings is 4. The van der Waals surface area contributed by atoms with Crippen LogP contribution in [0.2, 0.25) is 0 Å². The zero-order valence-corrected chi connectivity index (χ0v) is 16.1. The van der Waals surface area contributed by atoms with Gasteiger partial charge in [-0.15, -0.1) is 0 Å². The number of aryl methyl sites for hydroxylation is 2. The lowest BCUT2D eigenvalue weighted by molar-refractivity contribution is 1.02. The topological polar surface area (TPSA) is 0 Å². The van der Waals surface area contributed by atoms with E-state index >= 15 is 0 Å². The molecule has 2 heteroatoms. The van der Waals surface area contributed by atoms with Gasteiger partial charge in [-0.1, -0.05) is 80.4 Å². The van der Waals surface area contributed by atoms with Crippen LogP contribution in [0.3, 0.4) is 0 Å². The van der Waals surface area contributed by atoms with E-state index in [2.05, 4.69) is 92.5 Å². The van der Waals surface area contributed by atoms with Crippen molar-refractivity contribution in [2.45, 2.75) is 12.8 Å². The van der Waals surface area contributed by atoms with Gasteiger partial charge in [0.15, 0.2) is 0 Å². The van der Waals surface area contributed by atoms with E-state index in [0.717, 1.165) is 17.3 Å². The van der Waals surface area contributed by atoms with Gasteiger partial charge in [-0.25, -0.2) is 0 Å². The van der Waals surface area contributed by atoms with Gasteiger partial charge in [0.2, 0.25) is 0 Å². The normalized spacial score (nSPS) is 13.1. The third-order valence-corrected chi connectivity index (χ3v) is 6.41. The fourth-order valence-electron chi connectivity index (χ4n) is 4.03. The van der Waals surface area contributed by atoms with Crippen molar-refractivity contribution < 1.29 is 0 Å². The molecule has 0 fully saturated rings. The second-order valence-electron chi connectivity index (χ2n) is 6.37. The van der Waals surface area contributed by atoms with Crippen molar-refractivity contribution >= 4 is 53.4 Å². The molecule has 0 atom stereocenters. The van der Waals surface area contributed by atoms with E-state index in [1.807, 2.05) is 0 Å². The first-order valence-corrected chi connectivity index (χ1v) is 9.73. The highest BCUT2D eigenvalue weighted by Gasteiger charge is 2.19. The summed E-state index contributed by atoms with van der Waals surface area (Å²) in [4.78, 5) is 0. The van der Waals surface area contributed by atoms with Gasteiger partial charge in [-0.3, -0.25) is 0 Å². The molecule has 0 unspecified atom stereocenters. The quantitative estimate of drug-likeness (QED) is 0.293. The van der Waals surface area contributed by atoms with Crippen LogP contribution >= 0.6 is 31.9 Å². The highest BCUT2D eigenvalue weighted by atomic mass is 79.9. The lowest BCUT2D eigenvalue weighted by Crippen LogP contribution is -1.88. The molecule has 4 aromatic rings. The lowest BCUT2D eigenvalue weighted by atomic mass is 9.92. The van der Waals surface area contributed by atoms with E-state index in [4.69, 9.17) is 0 Å². The molecule has 0 saturated heterocycles. The van der Waals surface area contributed by atoms with Crippen LogP contribution in [-0.4, -0.2) is 0 Å². The summed E-state index contributed by atoms with van der Waals surface area (Å²) in [6.07, 6.45) is 2.31. The van der Waals surface area contributed by atoms with Crippen molar-refractivity contribution in [3.63, 3.8) is 0 Å². The second-order valence-corrected chi connectivity index (χ2v) is 8.08. The molecule has 0 saturated carbocycles. The summed E-state index contributed by atoms with van der Waals surface area (Å²) in [5.74, 6) is 0. The third-order valence-electron chi connectivity index (χ3n) is 5.09. The molecule has 0 heterocycles. The van der Waals surface area contributed by atoms with Gasteiger partial charge in [0, 0.05) is 19.7 Å². The molecule has 5 rings (SSSR count). The minimum atomic E-state index is 1.15. The maximum Gasteiger partial charge on any atom is 0.0260 e. The predicted octanol–water partition coefficient (Wildman–Crippen LogP) is 7.28. The summed E-state index contributed by atoms with van der Waals surface area (Å²) in [5.41, 5.74) is 5.55. The first-order chi connectivity index (χ1) is 11.7. The standard InChI is InChI=1S/C22H14Br2/c23-18-6-2-4-13-3-1-5-16(21(13)18)17-11-9-14-7-8-15-10-12-19(24)22(17)20(14)15/h1-6,9-12H,7-8H2. The number of hydrogen-bond donors (Lipinski definition) is 0. The Kier molecular flexibility index (Phi) is 3.33. The molecular weight excluding hydrogens is 424 g/mol. The van der Waals surface area contributed by atoms with Crippen LogP contribution in [0.4, 0.5) is 0 Å². The maximum atomic E-state index is 3.81. The molecule has 0 N–H and O–H groups in total. The molecule has 0 bridgehead atoms. The Morgan fingerprint density at radius 3 is 1.96 bits per heavy atom. The average Bonchev–Trinajstić information content (AvgIpc) is 3.02. The van der Waals surface area contributed by atoms with Gasteiger partial charge in [0.05, 0.1) is 0 Å². The van der Waals surface area contributed by atoms with Crippen LogP contribution in [0.15, 0.2) is 69.6 Å². The molecule has 1 aliphatic carbocycles. The minimum Gasteiger partial charge on any atom is -0.0610 e. The Morgan fingerprint density at radius 1 is 0.542 bits per heavy atom. The summed E-state index contributed by atoms with van der Waals surface area (Å²) < 4.78 is 2.33. The fourth-order valence-corrected chi connectivity index (χ4v) is 5.17. The number of halogens is 2. The summed E-state index contributed by atoms with van der Waals surface area (Å²) in [6, 6.07) is 22.1. The summed E-state index contributed by atoms with van der Waals surface area (Å²) >= 11 is 7.57. The molecular formula is C22H14Br2. The molecule has 1 aliphatic rings. The van der Waals surface area contributed by atoms with Gasteiger partial charge in [0.1, 0.15) is 0 Å². The minimum absolute atomic E-state index is 1.15. The Bertz CT molecular complexity index is 1110. The van der Waals surface area contributed by atoms with Crippen LogP contribution in [0.5, 0.6) is 0 Å². The summed E-state index contributed by atoms with van der Waals surface area (Å²) in [6.45, 7) is 0. The molecule has 0 aromatic heterocycles. The first kappa shape index (κ1) is 14.7. The fraction of sp³-hybridized carbons (Fsp3) is 0.0909. The molecule has 4 aromatic carbocycles. The van der Waals surface area contributed by atoms with E-state index in [1.165, 1.54) is 48.3 Å². The Balaban J connectivity index is 1.96. The van der Waals surface area contributed by atoms with Crippen molar-refractivity contribution in [2.75, 3.05) is 0 Å². The highest BCUT2D eigenvalue weighted by molar-refractivity contribution is 9.11. The first-order valence-electron chi connectivity index (χ1n) is 8.14. The van der Waals surface area contributed by atoms with Gasteiger partial charge >= 0.3 is 0 Å². The van der Waals surface area contributed by atoms with Gasteiger partial charge in [-0.2, -0.15) is 0 Å². The molecule has 0 amide bonds. The van der Waals surface area contributed by atoms with Crippen molar-refractivity contribution in [3.05, 3.63) is 80.7 Å². The van der Waals surface area contributed by atoms with Crippen LogP contribution in [-0.2, 0) is 12.8 Å². The van der Waals surface area contributed by atoms with Crippen LogP contribution in [0.1, 0.15) is 11.1 Å². The van der Waals surface area contributed by atoms with Gasteiger partial charge < -0.3 is 0 Å². The van der Waals surface area contributed by atoms with Gasteiger partial charge in [0.25, 0.3) is 0 Å². The smallest absolute Gasteiger partial charge is 0.0260 e. The Labute approximate surface area is 157 Å².